The van der Waals surface area contributed by atoms with Crippen LogP contribution in [0.3, 0.4) is 0 Å². The minimum Gasteiger partial charge on any atom is -0.444 e. The average Bonchev–Trinajstić information content (AvgIpc) is 2.88. The Kier molecular flexibility index (Phi) is 12.9. The van der Waals surface area contributed by atoms with Crippen molar-refractivity contribution in [3.05, 3.63) is 71.3 Å². The number of aryl methyl sites for hydroxylation is 1. The van der Waals surface area contributed by atoms with Gasteiger partial charge >= 0.3 is 6.09 Å². The summed E-state index contributed by atoms with van der Waals surface area (Å²) in [5.41, 5.74) is 1.95. The van der Waals surface area contributed by atoms with Gasteiger partial charge in [0.25, 0.3) is 0 Å². The van der Waals surface area contributed by atoms with Crippen molar-refractivity contribution in [2.24, 2.45) is 11.8 Å². The van der Waals surface area contributed by atoms with Crippen LogP contribution in [0, 0.1) is 18.8 Å². The predicted octanol–water partition coefficient (Wildman–Crippen LogP) is 6.95. The molecule has 41 heavy (non-hydrogen) atoms. The zero-order valence-electron chi connectivity index (χ0n) is 26.5. The molecule has 0 aromatic heterocycles. The van der Waals surface area contributed by atoms with Crippen molar-refractivity contribution in [1.29, 1.82) is 0 Å². The Bertz CT molecular complexity index is 1120. The maximum absolute atomic E-state index is 14.5. The minimum atomic E-state index is -0.871. The molecule has 0 radical (unpaired) electrons. The summed E-state index contributed by atoms with van der Waals surface area (Å²) in [5, 5.41) is 5.93. The SMILES string of the molecule is Cc1ccccc1C(C(=O)NCc1ccccc1)N(C(=O)C(CC(C)C)NC(=O)OC(C)(C)C)C(C)CCC(C)C. The number of alkyl carbamates (subject to hydrolysis) is 1. The molecule has 0 fully saturated rings. The van der Waals surface area contributed by atoms with Crippen LogP contribution in [0.2, 0.25) is 0 Å². The first-order valence-corrected chi connectivity index (χ1v) is 14.9. The van der Waals surface area contributed by atoms with Crippen LogP contribution in [0.5, 0.6) is 0 Å². The van der Waals surface area contributed by atoms with E-state index in [4.69, 9.17) is 4.74 Å². The molecule has 2 aromatic carbocycles. The van der Waals surface area contributed by atoms with Crippen molar-refractivity contribution in [1.82, 2.24) is 15.5 Å². The normalized spacial score (nSPS) is 13.8. The molecule has 2 aromatic rings. The van der Waals surface area contributed by atoms with Crippen molar-refractivity contribution >= 4 is 17.9 Å². The van der Waals surface area contributed by atoms with E-state index in [2.05, 4.69) is 24.5 Å². The molecule has 0 spiro atoms. The van der Waals surface area contributed by atoms with Gasteiger partial charge in [-0.3, -0.25) is 9.59 Å². The summed E-state index contributed by atoms with van der Waals surface area (Å²) in [5.74, 6) is 0.0116. The molecule has 0 saturated carbocycles. The molecule has 2 N–H and O–H groups in total. The van der Waals surface area contributed by atoms with Gasteiger partial charge < -0.3 is 20.3 Å². The van der Waals surface area contributed by atoms with Crippen molar-refractivity contribution in [3.63, 3.8) is 0 Å². The lowest BCUT2D eigenvalue weighted by atomic mass is 9.93. The summed E-state index contributed by atoms with van der Waals surface area (Å²) in [6.45, 7) is 18.0. The quantitative estimate of drug-likeness (QED) is 0.275. The summed E-state index contributed by atoms with van der Waals surface area (Å²) in [6.07, 6.45) is 1.38. The number of hydrogen-bond donors (Lipinski definition) is 2. The van der Waals surface area contributed by atoms with Crippen LogP contribution in [0.1, 0.15) is 97.4 Å². The molecule has 3 atom stereocenters. The summed E-state index contributed by atoms with van der Waals surface area (Å²) in [6, 6.07) is 15.4. The Morgan fingerprint density at radius 2 is 1.46 bits per heavy atom. The molecule has 2 rings (SSSR count). The third-order valence-corrected chi connectivity index (χ3v) is 6.91. The van der Waals surface area contributed by atoms with Gasteiger partial charge in [0.1, 0.15) is 17.7 Å². The summed E-state index contributed by atoms with van der Waals surface area (Å²) < 4.78 is 5.52. The van der Waals surface area contributed by atoms with E-state index in [-0.39, 0.29) is 23.8 Å². The molecule has 7 heteroatoms. The second-order valence-corrected chi connectivity index (χ2v) is 12.9. The van der Waals surface area contributed by atoms with Crippen LogP contribution in [0.15, 0.2) is 54.6 Å². The lowest BCUT2D eigenvalue weighted by Gasteiger charge is -2.39. The Labute approximate surface area is 247 Å². The van der Waals surface area contributed by atoms with Crippen molar-refractivity contribution in [3.8, 4) is 0 Å². The third-order valence-electron chi connectivity index (χ3n) is 6.91. The van der Waals surface area contributed by atoms with Crippen LogP contribution < -0.4 is 10.6 Å². The first-order valence-electron chi connectivity index (χ1n) is 14.9. The summed E-state index contributed by atoms with van der Waals surface area (Å²) >= 11 is 0. The standard InChI is InChI=1S/C34H51N3O4/c1-23(2)19-20-26(6)37(32(39)29(21-24(3)4)36-33(40)41-34(7,8)9)30(28-18-14-13-15-25(28)5)31(38)35-22-27-16-11-10-12-17-27/h10-18,23-24,26,29-30H,19-22H2,1-9H3,(H,35,38)(H,36,40). The zero-order chi connectivity index (χ0) is 30.7. The van der Waals surface area contributed by atoms with E-state index >= 15 is 0 Å². The van der Waals surface area contributed by atoms with E-state index in [0.29, 0.717) is 18.9 Å². The number of rotatable bonds is 13. The Morgan fingerprint density at radius 3 is 2.02 bits per heavy atom. The second-order valence-electron chi connectivity index (χ2n) is 12.9. The summed E-state index contributed by atoms with van der Waals surface area (Å²) in [7, 11) is 0. The fourth-order valence-electron chi connectivity index (χ4n) is 4.83. The van der Waals surface area contributed by atoms with Crippen LogP contribution >= 0.6 is 0 Å². The van der Waals surface area contributed by atoms with Gasteiger partial charge in [0.2, 0.25) is 11.8 Å². The van der Waals surface area contributed by atoms with Gasteiger partial charge in [-0.25, -0.2) is 4.79 Å². The lowest BCUT2D eigenvalue weighted by Crippen LogP contribution is -2.56. The highest BCUT2D eigenvalue weighted by Crippen LogP contribution is 2.30. The number of carbonyl (C=O) groups is 3. The molecule has 0 saturated heterocycles. The van der Waals surface area contributed by atoms with Crippen molar-refractivity contribution in [2.45, 2.75) is 112 Å². The molecular weight excluding hydrogens is 514 g/mol. The van der Waals surface area contributed by atoms with Gasteiger partial charge in [0.15, 0.2) is 0 Å². The van der Waals surface area contributed by atoms with Crippen LogP contribution in [0.4, 0.5) is 4.79 Å². The third kappa shape index (κ3) is 11.2. The molecular formula is C34H51N3O4. The Balaban J connectivity index is 2.57. The molecule has 226 valence electrons. The number of hydrogen-bond acceptors (Lipinski definition) is 4. The van der Waals surface area contributed by atoms with Gasteiger partial charge in [-0.2, -0.15) is 0 Å². The fourth-order valence-corrected chi connectivity index (χ4v) is 4.83. The van der Waals surface area contributed by atoms with Gasteiger partial charge in [0.05, 0.1) is 0 Å². The molecule has 3 unspecified atom stereocenters. The smallest absolute Gasteiger partial charge is 0.408 e. The van der Waals surface area contributed by atoms with E-state index in [1.807, 2.05) is 82.3 Å². The van der Waals surface area contributed by atoms with Gasteiger partial charge in [-0.05, 0) is 82.4 Å². The maximum Gasteiger partial charge on any atom is 0.408 e. The van der Waals surface area contributed by atoms with E-state index < -0.39 is 23.8 Å². The van der Waals surface area contributed by atoms with Crippen LogP contribution in [-0.4, -0.2) is 40.5 Å². The topological polar surface area (TPSA) is 87.7 Å². The number of ether oxygens (including phenoxy) is 1. The predicted molar refractivity (Wildman–Crippen MR) is 165 cm³/mol. The second kappa shape index (κ2) is 15.6. The van der Waals surface area contributed by atoms with E-state index in [1.165, 1.54) is 0 Å². The molecule has 0 heterocycles. The van der Waals surface area contributed by atoms with Crippen molar-refractivity contribution < 1.29 is 19.1 Å². The average molecular weight is 566 g/mol. The molecule has 0 aliphatic heterocycles. The summed E-state index contributed by atoms with van der Waals surface area (Å²) in [4.78, 5) is 43.2. The first-order chi connectivity index (χ1) is 19.2. The van der Waals surface area contributed by atoms with E-state index in [0.717, 1.165) is 29.5 Å². The first kappa shape index (κ1) is 33.9. The monoisotopic (exact) mass is 565 g/mol. The number of benzene rings is 2. The molecule has 0 bridgehead atoms. The number of nitrogens with one attached hydrogen (secondary N) is 2. The van der Waals surface area contributed by atoms with Crippen LogP contribution in [-0.2, 0) is 20.9 Å². The highest BCUT2D eigenvalue weighted by molar-refractivity contribution is 5.92. The van der Waals surface area contributed by atoms with E-state index in [9.17, 15) is 14.4 Å². The minimum absolute atomic E-state index is 0.121. The molecule has 0 aliphatic rings. The van der Waals surface area contributed by atoms with Crippen LogP contribution in [0.25, 0.3) is 0 Å². The highest BCUT2D eigenvalue weighted by atomic mass is 16.6. The fraction of sp³-hybridized carbons (Fsp3) is 0.559. The van der Waals surface area contributed by atoms with Gasteiger partial charge in [-0.15, -0.1) is 0 Å². The highest BCUT2D eigenvalue weighted by Gasteiger charge is 2.39. The molecule has 7 nitrogen and oxygen atoms in total. The Morgan fingerprint density at radius 1 is 0.854 bits per heavy atom. The number of carbonyl (C=O) groups excluding carboxylic acids is 3. The largest absolute Gasteiger partial charge is 0.444 e. The lowest BCUT2D eigenvalue weighted by molar-refractivity contribution is -0.145. The Hall–Kier alpha value is -3.35. The number of nitrogens with zero attached hydrogens (tertiary/aromatic N) is 1. The van der Waals surface area contributed by atoms with Gasteiger partial charge in [-0.1, -0.05) is 82.3 Å². The van der Waals surface area contributed by atoms with Crippen molar-refractivity contribution in [2.75, 3.05) is 0 Å². The molecule has 3 amide bonds. The molecule has 0 aliphatic carbocycles. The maximum atomic E-state index is 14.5. The van der Waals surface area contributed by atoms with E-state index in [1.54, 1.807) is 25.7 Å². The van der Waals surface area contributed by atoms with Gasteiger partial charge in [0, 0.05) is 12.6 Å². The zero-order valence-corrected chi connectivity index (χ0v) is 26.5. The number of amides is 3.